The summed E-state index contributed by atoms with van der Waals surface area (Å²) in [5.74, 6) is 0.178. The minimum atomic E-state index is 0. The lowest BCUT2D eigenvalue weighted by molar-refractivity contribution is 0.298. The summed E-state index contributed by atoms with van der Waals surface area (Å²) in [6.07, 6.45) is 0.154. The molecular formula is C7H15ClN2O2. The lowest BCUT2D eigenvalue weighted by atomic mass is 10.4. The molecule has 0 heterocycles. The van der Waals surface area contributed by atoms with Crippen molar-refractivity contribution in [3.8, 4) is 0 Å². The first-order valence-corrected chi connectivity index (χ1v) is 3.61. The highest BCUT2D eigenvalue weighted by atomic mass is 35.5. The number of hydrogen-bond acceptors (Lipinski definition) is 4. The van der Waals surface area contributed by atoms with Gasteiger partial charge in [0.05, 0.1) is 19.6 Å². The van der Waals surface area contributed by atoms with Gasteiger partial charge in [-0.25, -0.2) is 0 Å². The van der Waals surface area contributed by atoms with Crippen molar-refractivity contribution in [2.75, 3.05) is 13.2 Å². The smallest absolute Gasteiger partial charge is 0.189 e. The summed E-state index contributed by atoms with van der Waals surface area (Å²) in [6, 6.07) is 0. The molecular weight excluding hydrogens is 180 g/mol. The molecule has 0 aromatic rings. The van der Waals surface area contributed by atoms with Gasteiger partial charge >= 0.3 is 0 Å². The fraction of sp³-hybridized carbons (Fsp3) is 0.714. The lowest BCUT2D eigenvalue weighted by Crippen LogP contribution is -2.12. The fourth-order valence-corrected chi connectivity index (χ4v) is 0.596. The molecule has 0 aliphatic heterocycles. The van der Waals surface area contributed by atoms with Crippen molar-refractivity contribution in [2.45, 2.75) is 20.3 Å². The molecule has 0 unspecified atom stereocenters. The molecule has 12 heavy (non-hydrogen) atoms. The standard InChI is InChI=1S/C7H14N2O2.ClH/c1-3-10-6(8)5-7(9)11-4-2;/h8-9H,3-5H2,1-2H3;1H. The molecule has 0 aliphatic carbocycles. The van der Waals surface area contributed by atoms with E-state index in [1.54, 1.807) is 13.8 Å². The number of halogens is 1. The number of nitrogens with one attached hydrogen (secondary N) is 2. The SMILES string of the molecule is CCOC(=N)CC(=N)OCC.Cl. The van der Waals surface area contributed by atoms with Gasteiger partial charge in [0.25, 0.3) is 0 Å². The molecule has 4 nitrogen and oxygen atoms in total. The summed E-state index contributed by atoms with van der Waals surface area (Å²) < 4.78 is 9.64. The van der Waals surface area contributed by atoms with Crippen molar-refractivity contribution < 1.29 is 9.47 Å². The van der Waals surface area contributed by atoms with E-state index in [-0.39, 0.29) is 30.6 Å². The third kappa shape index (κ3) is 7.34. The van der Waals surface area contributed by atoms with E-state index in [9.17, 15) is 0 Å². The Kier molecular flexibility index (Phi) is 9.57. The van der Waals surface area contributed by atoms with Gasteiger partial charge in [0.15, 0.2) is 11.8 Å². The molecule has 2 N–H and O–H groups in total. The topological polar surface area (TPSA) is 66.2 Å². The third-order valence-electron chi connectivity index (χ3n) is 0.958. The molecule has 0 atom stereocenters. The van der Waals surface area contributed by atoms with Gasteiger partial charge in [-0.05, 0) is 13.8 Å². The average molecular weight is 195 g/mol. The van der Waals surface area contributed by atoms with Gasteiger partial charge in [-0.2, -0.15) is 0 Å². The van der Waals surface area contributed by atoms with Crippen LogP contribution >= 0.6 is 12.4 Å². The second kappa shape index (κ2) is 8.33. The van der Waals surface area contributed by atoms with Gasteiger partial charge in [-0.1, -0.05) is 0 Å². The monoisotopic (exact) mass is 194 g/mol. The molecule has 0 amide bonds. The van der Waals surface area contributed by atoms with Crippen molar-refractivity contribution in [2.24, 2.45) is 0 Å². The van der Waals surface area contributed by atoms with Crippen LogP contribution in [-0.4, -0.2) is 25.0 Å². The van der Waals surface area contributed by atoms with Crippen LogP contribution in [0, 0.1) is 10.8 Å². The minimum absolute atomic E-state index is 0. The molecule has 5 heteroatoms. The summed E-state index contributed by atoms with van der Waals surface area (Å²) >= 11 is 0. The van der Waals surface area contributed by atoms with Crippen LogP contribution in [0.2, 0.25) is 0 Å². The molecule has 0 aromatic carbocycles. The molecule has 0 radical (unpaired) electrons. The first kappa shape index (κ1) is 13.8. The molecule has 72 valence electrons. The lowest BCUT2D eigenvalue weighted by Gasteiger charge is -2.05. The Hall–Kier alpha value is -0.770. The van der Waals surface area contributed by atoms with E-state index >= 15 is 0 Å². The molecule has 0 aromatic heterocycles. The highest BCUT2D eigenvalue weighted by Crippen LogP contribution is 1.90. The van der Waals surface area contributed by atoms with Crippen molar-refractivity contribution in [3.05, 3.63) is 0 Å². The summed E-state index contributed by atoms with van der Waals surface area (Å²) in [7, 11) is 0. The molecule has 0 saturated heterocycles. The average Bonchev–Trinajstić information content (AvgIpc) is 1.87. The van der Waals surface area contributed by atoms with Crippen LogP contribution in [0.3, 0.4) is 0 Å². The molecule has 0 aliphatic rings. The van der Waals surface area contributed by atoms with Gasteiger partial charge in [0.2, 0.25) is 0 Å². The second-order valence-corrected chi connectivity index (χ2v) is 1.89. The highest BCUT2D eigenvalue weighted by molar-refractivity contribution is 5.93. The van der Waals surface area contributed by atoms with Crippen LogP contribution in [0.5, 0.6) is 0 Å². The van der Waals surface area contributed by atoms with Gasteiger partial charge in [0, 0.05) is 0 Å². The van der Waals surface area contributed by atoms with Crippen LogP contribution in [0.25, 0.3) is 0 Å². The predicted molar refractivity (Wildman–Crippen MR) is 50.6 cm³/mol. The van der Waals surface area contributed by atoms with E-state index in [4.69, 9.17) is 20.3 Å². The van der Waals surface area contributed by atoms with Crippen molar-refractivity contribution >= 4 is 24.2 Å². The Morgan fingerprint density at radius 3 is 1.58 bits per heavy atom. The first-order valence-electron chi connectivity index (χ1n) is 3.61. The first-order chi connectivity index (χ1) is 5.20. The van der Waals surface area contributed by atoms with Crippen LogP contribution < -0.4 is 0 Å². The second-order valence-electron chi connectivity index (χ2n) is 1.89. The van der Waals surface area contributed by atoms with E-state index in [1.165, 1.54) is 0 Å². The van der Waals surface area contributed by atoms with E-state index in [0.29, 0.717) is 13.2 Å². The Labute approximate surface area is 78.7 Å². The zero-order valence-corrected chi connectivity index (χ0v) is 8.16. The summed E-state index contributed by atoms with van der Waals surface area (Å²) in [4.78, 5) is 0. The largest absolute Gasteiger partial charge is 0.481 e. The highest BCUT2D eigenvalue weighted by Gasteiger charge is 2.02. The minimum Gasteiger partial charge on any atom is -0.481 e. The fourth-order valence-electron chi connectivity index (χ4n) is 0.596. The van der Waals surface area contributed by atoms with Crippen LogP contribution in [0.1, 0.15) is 20.3 Å². The van der Waals surface area contributed by atoms with E-state index in [0.717, 1.165) is 0 Å². The van der Waals surface area contributed by atoms with Crippen molar-refractivity contribution in [1.82, 2.24) is 0 Å². The number of ether oxygens (including phenoxy) is 2. The number of hydrogen-bond donors (Lipinski definition) is 2. The maximum atomic E-state index is 7.15. The molecule has 0 saturated carbocycles. The van der Waals surface area contributed by atoms with Gasteiger partial charge in [-0.3, -0.25) is 10.8 Å². The molecule has 0 rings (SSSR count). The maximum absolute atomic E-state index is 7.15. The van der Waals surface area contributed by atoms with Crippen molar-refractivity contribution in [1.29, 1.82) is 10.8 Å². The summed E-state index contributed by atoms with van der Waals surface area (Å²) in [5, 5.41) is 14.3. The Bertz CT molecular complexity index is 134. The zero-order valence-electron chi connectivity index (χ0n) is 7.35. The summed E-state index contributed by atoms with van der Waals surface area (Å²) in [5.41, 5.74) is 0. The Balaban J connectivity index is 0. The van der Waals surface area contributed by atoms with Gasteiger partial charge in [0.1, 0.15) is 0 Å². The predicted octanol–water partition coefficient (Wildman–Crippen LogP) is 1.83. The van der Waals surface area contributed by atoms with E-state index in [1.807, 2.05) is 0 Å². The van der Waals surface area contributed by atoms with Gasteiger partial charge in [-0.15, -0.1) is 12.4 Å². The Morgan fingerprint density at radius 1 is 1.00 bits per heavy atom. The van der Waals surface area contributed by atoms with E-state index < -0.39 is 0 Å². The van der Waals surface area contributed by atoms with Crippen LogP contribution in [0.4, 0.5) is 0 Å². The Morgan fingerprint density at radius 2 is 1.33 bits per heavy atom. The quantitative estimate of drug-likeness (QED) is 0.530. The third-order valence-corrected chi connectivity index (χ3v) is 0.958. The van der Waals surface area contributed by atoms with Crippen LogP contribution in [0.15, 0.2) is 0 Å². The normalized spacial score (nSPS) is 8.17. The molecule has 0 fully saturated rings. The van der Waals surface area contributed by atoms with Crippen LogP contribution in [-0.2, 0) is 9.47 Å². The maximum Gasteiger partial charge on any atom is 0.189 e. The number of rotatable bonds is 4. The van der Waals surface area contributed by atoms with E-state index in [2.05, 4.69) is 0 Å². The zero-order chi connectivity index (χ0) is 8.69. The molecule has 0 bridgehead atoms. The van der Waals surface area contributed by atoms with Crippen molar-refractivity contribution in [3.63, 3.8) is 0 Å². The molecule has 0 spiro atoms. The van der Waals surface area contributed by atoms with Gasteiger partial charge < -0.3 is 9.47 Å². The summed E-state index contributed by atoms with van der Waals surface area (Å²) in [6.45, 7) is 4.55.